The van der Waals surface area contributed by atoms with Gasteiger partial charge in [-0.1, -0.05) is 24.4 Å². The molecule has 1 heterocycles. The van der Waals surface area contributed by atoms with Crippen molar-refractivity contribution in [2.24, 2.45) is 0 Å². The first-order chi connectivity index (χ1) is 8.00. The van der Waals surface area contributed by atoms with Gasteiger partial charge in [-0.3, -0.25) is 0 Å². The fourth-order valence-corrected chi connectivity index (χ4v) is 2.68. The third-order valence-corrected chi connectivity index (χ3v) is 3.57. The average Bonchev–Trinajstić information content (AvgIpc) is 2.68. The molecule has 0 spiro atoms. The third-order valence-electron chi connectivity index (χ3n) is 3.12. The number of rotatable bonds is 3. The summed E-state index contributed by atoms with van der Waals surface area (Å²) in [6.45, 7) is 0.514. The third kappa shape index (κ3) is 3.00. The highest BCUT2D eigenvalue weighted by Crippen LogP contribution is 2.32. The Labute approximate surface area is 111 Å². The van der Waals surface area contributed by atoms with E-state index in [1.54, 1.807) is 0 Å². The molecule has 1 aliphatic carbocycles. The number of likely N-dealkylation sites (N-methyl/N-ethyl adjacent to an activating group) is 1. The molecule has 1 aromatic heterocycles. The van der Waals surface area contributed by atoms with Crippen LogP contribution in [0, 0.1) is 0 Å². The number of anilines is 1. The number of halogens is 2. The quantitative estimate of drug-likeness (QED) is 0.862. The molecule has 0 saturated heterocycles. The van der Waals surface area contributed by atoms with Crippen LogP contribution in [0.15, 0.2) is 6.20 Å². The predicted octanol–water partition coefficient (Wildman–Crippen LogP) is 2.52. The van der Waals surface area contributed by atoms with E-state index in [0.717, 1.165) is 25.7 Å². The van der Waals surface area contributed by atoms with E-state index < -0.39 is 5.60 Å². The zero-order chi connectivity index (χ0) is 12.5. The molecule has 2 rings (SSSR count). The summed E-state index contributed by atoms with van der Waals surface area (Å²) < 4.78 is 0. The van der Waals surface area contributed by atoms with Gasteiger partial charge in [0.2, 0.25) is 5.28 Å². The Bertz CT molecular complexity index is 408. The average molecular weight is 276 g/mol. The monoisotopic (exact) mass is 275 g/mol. The second-order valence-electron chi connectivity index (χ2n) is 4.60. The van der Waals surface area contributed by atoms with Gasteiger partial charge in [0.25, 0.3) is 0 Å². The van der Waals surface area contributed by atoms with E-state index in [2.05, 4.69) is 9.97 Å². The summed E-state index contributed by atoms with van der Waals surface area (Å²) in [7, 11) is 1.85. The van der Waals surface area contributed by atoms with Crippen molar-refractivity contribution >= 4 is 29.0 Å². The van der Waals surface area contributed by atoms with Crippen molar-refractivity contribution < 1.29 is 5.11 Å². The Hall–Kier alpha value is -0.580. The van der Waals surface area contributed by atoms with Gasteiger partial charge in [-0.2, -0.15) is 4.98 Å². The van der Waals surface area contributed by atoms with E-state index in [-0.39, 0.29) is 5.28 Å². The molecule has 0 aliphatic heterocycles. The summed E-state index contributed by atoms with van der Waals surface area (Å²) in [4.78, 5) is 9.72. The second-order valence-corrected chi connectivity index (χ2v) is 5.34. The first kappa shape index (κ1) is 12.9. The summed E-state index contributed by atoms with van der Waals surface area (Å²) in [5, 5.41) is 10.9. The van der Waals surface area contributed by atoms with Crippen LogP contribution in [0.3, 0.4) is 0 Å². The Morgan fingerprint density at radius 3 is 2.71 bits per heavy atom. The molecule has 0 unspecified atom stereocenters. The Morgan fingerprint density at radius 2 is 2.06 bits per heavy atom. The van der Waals surface area contributed by atoms with E-state index in [1.165, 1.54) is 6.20 Å². The van der Waals surface area contributed by atoms with Gasteiger partial charge in [-0.25, -0.2) is 4.98 Å². The lowest BCUT2D eigenvalue weighted by Gasteiger charge is -2.29. The fourth-order valence-electron chi connectivity index (χ4n) is 2.31. The van der Waals surface area contributed by atoms with Gasteiger partial charge in [-0.05, 0) is 24.4 Å². The normalized spacial score (nSPS) is 18.4. The van der Waals surface area contributed by atoms with Crippen LogP contribution in [0.2, 0.25) is 10.3 Å². The molecular formula is C11H15Cl2N3O. The molecule has 17 heavy (non-hydrogen) atoms. The van der Waals surface area contributed by atoms with E-state index in [1.807, 2.05) is 11.9 Å². The number of aliphatic hydroxyl groups is 1. The second kappa shape index (κ2) is 4.96. The lowest BCUT2D eigenvalue weighted by molar-refractivity contribution is 0.0558. The lowest BCUT2D eigenvalue weighted by Crippen LogP contribution is -2.39. The molecule has 94 valence electrons. The van der Waals surface area contributed by atoms with E-state index in [4.69, 9.17) is 23.2 Å². The minimum atomic E-state index is -0.629. The maximum atomic E-state index is 10.3. The summed E-state index contributed by atoms with van der Waals surface area (Å²) in [6.07, 6.45) is 5.27. The van der Waals surface area contributed by atoms with Crippen LogP contribution in [0.5, 0.6) is 0 Å². The Balaban J connectivity index is 2.13. The van der Waals surface area contributed by atoms with Gasteiger partial charge in [0, 0.05) is 13.6 Å². The molecule has 0 aromatic carbocycles. The van der Waals surface area contributed by atoms with Crippen LogP contribution in [0.1, 0.15) is 25.7 Å². The van der Waals surface area contributed by atoms with Crippen LogP contribution in [-0.2, 0) is 0 Å². The number of aromatic nitrogens is 2. The maximum Gasteiger partial charge on any atom is 0.224 e. The molecule has 0 bridgehead atoms. The van der Waals surface area contributed by atoms with Crippen LogP contribution in [-0.4, -0.2) is 34.3 Å². The van der Waals surface area contributed by atoms with Crippen molar-refractivity contribution in [1.82, 2.24) is 9.97 Å². The van der Waals surface area contributed by atoms with Crippen molar-refractivity contribution in [3.05, 3.63) is 16.5 Å². The van der Waals surface area contributed by atoms with Crippen molar-refractivity contribution in [1.29, 1.82) is 0 Å². The molecule has 1 N–H and O–H groups in total. The number of hydrogen-bond acceptors (Lipinski definition) is 4. The molecule has 0 radical (unpaired) electrons. The standard InChI is InChI=1S/C11H15Cl2N3O/c1-16(7-11(17)4-2-3-5-11)9-8(12)6-14-10(13)15-9/h6,17H,2-5,7H2,1H3. The van der Waals surface area contributed by atoms with E-state index in [9.17, 15) is 5.11 Å². The van der Waals surface area contributed by atoms with Crippen LogP contribution >= 0.6 is 23.2 Å². The highest BCUT2D eigenvalue weighted by Gasteiger charge is 2.33. The molecule has 1 saturated carbocycles. The van der Waals surface area contributed by atoms with Crippen LogP contribution in [0.4, 0.5) is 5.82 Å². The molecule has 0 atom stereocenters. The largest absolute Gasteiger partial charge is 0.388 e. The van der Waals surface area contributed by atoms with Crippen molar-refractivity contribution in [3.8, 4) is 0 Å². The van der Waals surface area contributed by atoms with Gasteiger partial charge in [0.05, 0.1) is 11.8 Å². The van der Waals surface area contributed by atoms with Gasteiger partial charge >= 0.3 is 0 Å². The highest BCUT2D eigenvalue weighted by atomic mass is 35.5. The fraction of sp³-hybridized carbons (Fsp3) is 0.636. The SMILES string of the molecule is CN(CC1(O)CCCC1)c1nc(Cl)ncc1Cl. The molecule has 4 nitrogen and oxygen atoms in total. The van der Waals surface area contributed by atoms with Crippen LogP contribution in [0.25, 0.3) is 0 Å². The van der Waals surface area contributed by atoms with Crippen molar-refractivity contribution in [3.63, 3.8) is 0 Å². The van der Waals surface area contributed by atoms with E-state index in [0.29, 0.717) is 17.4 Å². The van der Waals surface area contributed by atoms with Gasteiger partial charge in [0.15, 0.2) is 5.82 Å². The zero-order valence-electron chi connectivity index (χ0n) is 9.66. The first-order valence-electron chi connectivity index (χ1n) is 5.62. The van der Waals surface area contributed by atoms with Crippen LogP contribution < -0.4 is 4.90 Å². The lowest BCUT2D eigenvalue weighted by atomic mass is 10.0. The number of hydrogen-bond donors (Lipinski definition) is 1. The molecule has 0 amide bonds. The van der Waals surface area contributed by atoms with Crippen molar-refractivity contribution in [2.75, 3.05) is 18.5 Å². The maximum absolute atomic E-state index is 10.3. The molecule has 6 heteroatoms. The summed E-state index contributed by atoms with van der Waals surface area (Å²) in [5.41, 5.74) is -0.629. The Morgan fingerprint density at radius 1 is 1.41 bits per heavy atom. The van der Waals surface area contributed by atoms with Crippen molar-refractivity contribution in [2.45, 2.75) is 31.3 Å². The van der Waals surface area contributed by atoms with Gasteiger partial charge in [-0.15, -0.1) is 0 Å². The van der Waals surface area contributed by atoms with Gasteiger partial charge in [0.1, 0.15) is 5.02 Å². The summed E-state index contributed by atoms with van der Waals surface area (Å²) in [5.74, 6) is 0.562. The zero-order valence-corrected chi connectivity index (χ0v) is 11.2. The van der Waals surface area contributed by atoms with E-state index >= 15 is 0 Å². The minimum Gasteiger partial charge on any atom is -0.388 e. The Kier molecular flexibility index (Phi) is 3.76. The molecule has 1 aromatic rings. The molecular weight excluding hydrogens is 261 g/mol. The highest BCUT2D eigenvalue weighted by molar-refractivity contribution is 6.33. The minimum absolute atomic E-state index is 0.162. The molecule has 1 aliphatic rings. The number of nitrogens with zero attached hydrogens (tertiary/aromatic N) is 3. The summed E-state index contributed by atoms with van der Waals surface area (Å²) in [6, 6.07) is 0. The predicted molar refractivity (Wildman–Crippen MR) is 68.7 cm³/mol. The summed E-state index contributed by atoms with van der Waals surface area (Å²) >= 11 is 11.8. The smallest absolute Gasteiger partial charge is 0.224 e. The first-order valence-corrected chi connectivity index (χ1v) is 6.37. The molecule has 1 fully saturated rings. The topological polar surface area (TPSA) is 49.2 Å². The van der Waals surface area contributed by atoms with Gasteiger partial charge < -0.3 is 10.0 Å².